The van der Waals surface area contributed by atoms with E-state index in [4.69, 9.17) is 0 Å². The molecule has 0 aliphatic rings. The van der Waals surface area contributed by atoms with Gasteiger partial charge in [0.15, 0.2) is 5.69 Å². The third-order valence-electron chi connectivity index (χ3n) is 2.43. The number of aromatic nitrogens is 2. The SMILES string of the molecule is O=C(Nc1ccc(OC(F)(F)F)cc1)n1ccc(C(F)(F)F)n1. The van der Waals surface area contributed by atoms with Crippen LogP contribution in [0, 0.1) is 0 Å². The van der Waals surface area contributed by atoms with Gasteiger partial charge in [0.05, 0.1) is 0 Å². The van der Waals surface area contributed by atoms with Gasteiger partial charge in [-0.25, -0.2) is 4.79 Å². The molecule has 0 fully saturated rings. The van der Waals surface area contributed by atoms with Gasteiger partial charge in [0.2, 0.25) is 0 Å². The molecular weight excluding hydrogens is 332 g/mol. The van der Waals surface area contributed by atoms with E-state index < -0.39 is 30.0 Å². The summed E-state index contributed by atoms with van der Waals surface area (Å²) in [5, 5.41) is 5.22. The number of benzene rings is 1. The first-order valence-corrected chi connectivity index (χ1v) is 5.85. The minimum Gasteiger partial charge on any atom is -0.406 e. The largest absolute Gasteiger partial charge is 0.573 e. The zero-order chi connectivity index (χ0) is 17.3. The van der Waals surface area contributed by atoms with Crippen molar-refractivity contribution in [3.8, 4) is 5.75 Å². The predicted molar refractivity (Wildman–Crippen MR) is 64.8 cm³/mol. The fourth-order valence-corrected chi connectivity index (χ4v) is 1.51. The number of hydrogen-bond donors (Lipinski definition) is 1. The Morgan fingerprint density at radius 3 is 2.13 bits per heavy atom. The number of rotatable bonds is 2. The van der Waals surface area contributed by atoms with E-state index in [0.29, 0.717) is 10.7 Å². The summed E-state index contributed by atoms with van der Waals surface area (Å²) in [6.45, 7) is 0. The fraction of sp³-hybridized carbons (Fsp3) is 0.167. The molecule has 1 aromatic heterocycles. The molecule has 0 saturated heterocycles. The summed E-state index contributed by atoms with van der Waals surface area (Å²) in [6, 6.07) is 3.66. The van der Waals surface area contributed by atoms with Crippen LogP contribution in [0.3, 0.4) is 0 Å². The summed E-state index contributed by atoms with van der Waals surface area (Å²) >= 11 is 0. The van der Waals surface area contributed by atoms with Crippen molar-refractivity contribution in [3.63, 3.8) is 0 Å². The van der Waals surface area contributed by atoms with Gasteiger partial charge in [-0.05, 0) is 30.3 Å². The minimum absolute atomic E-state index is 0.0496. The highest BCUT2D eigenvalue weighted by molar-refractivity contribution is 5.90. The topological polar surface area (TPSA) is 56.1 Å². The minimum atomic E-state index is -4.85. The van der Waals surface area contributed by atoms with E-state index in [0.717, 1.165) is 30.5 Å². The number of carbonyl (C=O) groups excluding carboxylic acids is 1. The summed E-state index contributed by atoms with van der Waals surface area (Å²) in [6.07, 6.45) is -8.74. The number of carbonyl (C=O) groups is 1. The van der Waals surface area contributed by atoms with Crippen LogP contribution >= 0.6 is 0 Å². The smallest absolute Gasteiger partial charge is 0.406 e. The average molecular weight is 339 g/mol. The Hall–Kier alpha value is -2.72. The van der Waals surface area contributed by atoms with Gasteiger partial charge in [0.25, 0.3) is 0 Å². The fourth-order valence-electron chi connectivity index (χ4n) is 1.51. The maximum Gasteiger partial charge on any atom is 0.573 e. The Morgan fingerprint density at radius 2 is 1.65 bits per heavy atom. The zero-order valence-corrected chi connectivity index (χ0v) is 10.9. The van der Waals surface area contributed by atoms with E-state index >= 15 is 0 Å². The summed E-state index contributed by atoms with van der Waals surface area (Å²) in [5.74, 6) is -0.506. The molecule has 23 heavy (non-hydrogen) atoms. The maximum absolute atomic E-state index is 12.4. The van der Waals surface area contributed by atoms with E-state index in [9.17, 15) is 31.1 Å². The Balaban J connectivity index is 2.04. The molecule has 2 aromatic rings. The van der Waals surface area contributed by atoms with Crippen LogP contribution in [0.2, 0.25) is 0 Å². The van der Waals surface area contributed by atoms with Crippen molar-refractivity contribution in [3.05, 3.63) is 42.2 Å². The van der Waals surface area contributed by atoms with E-state index in [1.807, 2.05) is 0 Å². The van der Waals surface area contributed by atoms with Crippen molar-refractivity contribution in [1.82, 2.24) is 9.78 Å². The first-order valence-electron chi connectivity index (χ1n) is 5.85. The second-order valence-electron chi connectivity index (χ2n) is 4.15. The third-order valence-corrected chi connectivity index (χ3v) is 2.43. The average Bonchev–Trinajstić information content (AvgIpc) is 2.89. The van der Waals surface area contributed by atoms with Crippen LogP contribution in [0.1, 0.15) is 5.69 Å². The molecule has 124 valence electrons. The second kappa shape index (κ2) is 5.82. The molecule has 11 heteroatoms. The van der Waals surface area contributed by atoms with Crippen molar-refractivity contribution in [2.24, 2.45) is 0 Å². The van der Waals surface area contributed by atoms with Crippen LogP contribution in [-0.4, -0.2) is 22.2 Å². The van der Waals surface area contributed by atoms with Crippen LogP contribution in [-0.2, 0) is 6.18 Å². The van der Waals surface area contributed by atoms with Crippen molar-refractivity contribution < 1.29 is 35.9 Å². The van der Waals surface area contributed by atoms with Crippen LogP contribution in [0.4, 0.5) is 36.8 Å². The van der Waals surface area contributed by atoms with Crippen molar-refractivity contribution >= 4 is 11.7 Å². The molecule has 0 bridgehead atoms. The number of hydrogen-bond acceptors (Lipinski definition) is 3. The molecule has 5 nitrogen and oxygen atoms in total. The second-order valence-corrected chi connectivity index (χ2v) is 4.15. The highest BCUT2D eigenvalue weighted by Crippen LogP contribution is 2.27. The van der Waals surface area contributed by atoms with Gasteiger partial charge in [0.1, 0.15) is 5.75 Å². The molecule has 1 N–H and O–H groups in total. The van der Waals surface area contributed by atoms with E-state index in [-0.39, 0.29) is 5.69 Å². The highest BCUT2D eigenvalue weighted by atomic mass is 19.4. The molecule has 0 radical (unpaired) electrons. The van der Waals surface area contributed by atoms with Gasteiger partial charge in [-0.15, -0.1) is 13.2 Å². The summed E-state index contributed by atoms with van der Waals surface area (Å²) in [7, 11) is 0. The first kappa shape index (κ1) is 16.6. The molecule has 0 unspecified atom stereocenters. The number of nitrogens with one attached hydrogen (secondary N) is 1. The van der Waals surface area contributed by atoms with E-state index in [1.54, 1.807) is 0 Å². The van der Waals surface area contributed by atoms with Gasteiger partial charge >= 0.3 is 18.6 Å². The lowest BCUT2D eigenvalue weighted by molar-refractivity contribution is -0.274. The number of nitrogens with zero attached hydrogens (tertiary/aromatic N) is 2. The lowest BCUT2D eigenvalue weighted by Gasteiger charge is -2.09. The lowest BCUT2D eigenvalue weighted by atomic mass is 10.3. The number of halogens is 6. The quantitative estimate of drug-likeness (QED) is 0.845. The predicted octanol–water partition coefficient (Wildman–Crippen LogP) is 3.88. The molecule has 1 amide bonds. The molecule has 0 aliphatic carbocycles. The highest BCUT2D eigenvalue weighted by Gasteiger charge is 2.34. The Morgan fingerprint density at radius 1 is 1.04 bits per heavy atom. The monoisotopic (exact) mass is 339 g/mol. The molecule has 0 aliphatic heterocycles. The lowest BCUT2D eigenvalue weighted by Crippen LogP contribution is -2.21. The van der Waals surface area contributed by atoms with Crippen molar-refractivity contribution in [2.45, 2.75) is 12.5 Å². The third kappa shape index (κ3) is 4.63. The zero-order valence-electron chi connectivity index (χ0n) is 10.9. The Labute approximate surface area is 124 Å². The molecule has 0 spiro atoms. The van der Waals surface area contributed by atoms with Gasteiger partial charge in [-0.2, -0.15) is 23.0 Å². The number of alkyl halides is 6. The van der Waals surface area contributed by atoms with Gasteiger partial charge < -0.3 is 10.1 Å². The molecular formula is C12H7F6N3O2. The first-order chi connectivity index (χ1) is 10.5. The normalized spacial score (nSPS) is 12.1. The van der Waals surface area contributed by atoms with Crippen LogP contribution in [0.5, 0.6) is 5.75 Å². The standard InChI is InChI=1S/C12H7F6N3O2/c13-11(14,15)9-5-6-21(20-9)10(22)19-7-1-3-8(4-2-7)23-12(16,17)18/h1-6H,(H,19,22). The van der Waals surface area contributed by atoms with E-state index in [1.165, 1.54) is 0 Å². The van der Waals surface area contributed by atoms with Gasteiger partial charge in [-0.1, -0.05) is 0 Å². The maximum atomic E-state index is 12.4. The van der Waals surface area contributed by atoms with Crippen LogP contribution in [0.25, 0.3) is 0 Å². The van der Waals surface area contributed by atoms with Crippen molar-refractivity contribution in [1.29, 1.82) is 0 Å². The Kier molecular flexibility index (Phi) is 4.21. The van der Waals surface area contributed by atoms with Crippen LogP contribution < -0.4 is 10.1 Å². The Bertz CT molecular complexity index is 690. The summed E-state index contributed by atoms with van der Waals surface area (Å²) in [5.41, 5.74) is -1.20. The molecule has 1 heterocycles. The summed E-state index contributed by atoms with van der Waals surface area (Å²) in [4.78, 5) is 11.7. The molecule has 0 atom stereocenters. The number of amides is 1. The number of ether oxygens (including phenoxy) is 1. The van der Waals surface area contributed by atoms with Crippen LogP contribution in [0.15, 0.2) is 36.5 Å². The molecule has 1 aromatic carbocycles. The molecule has 2 rings (SSSR count). The van der Waals surface area contributed by atoms with Gasteiger partial charge in [0, 0.05) is 11.9 Å². The molecule has 0 saturated carbocycles. The van der Waals surface area contributed by atoms with Gasteiger partial charge in [-0.3, -0.25) is 0 Å². The number of anilines is 1. The summed E-state index contributed by atoms with van der Waals surface area (Å²) < 4.78 is 77.1. The van der Waals surface area contributed by atoms with Crippen molar-refractivity contribution in [2.75, 3.05) is 5.32 Å². The van der Waals surface area contributed by atoms with E-state index in [2.05, 4.69) is 15.2 Å².